The Morgan fingerprint density at radius 1 is 0.943 bits per heavy atom. The number of hydrogen-bond acceptors (Lipinski definition) is 6. The molecule has 2 aromatic heterocycles. The number of rotatable bonds is 8. The first-order valence-corrected chi connectivity index (χ1v) is 12.5. The summed E-state index contributed by atoms with van der Waals surface area (Å²) in [5.74, 6) is -1.45. The van der Waals surface area contributed by atoms with Crippen molar-refractivity contribution in [3.8, 4) is 0 Å². The van der Waals surface area contributed by atoms with Crippen LogP contribution < -0.4 is 0 Å². The highest BCUT2D eigenvalue weighted by molar-refractivity contribution is 14.1. The third-order valence-corrected chi connectivity index (χ3v) is 7.18. The summed E-state index contributed by atoms with van der Waals surface area (Å²) in [6, 6.07) is 9.61. The highest BCUT2D eigenvalue weighted by Crippen LogP contribution is 2.28. The minimum atomic E-state index is -1.58. The molecule has 35 heavy (non-hydrogen) atoms. The smallest absolute Gasteiger partial charge is 0.137 e. The molecule has 0 aliphatic carbocycles. The summed E-state index contributed by atoms with van der Waals surface area (Å²) in [5.41, 5.74) is -0.403. The van der Waals surface area contributed by atoms with Crippen molar-refractivity contribution in [2.75, 3.05) is 39.3 Å². The lowest BCUT2D eigenvalue weighted by molar-refractivity contribution is -0.0320. The van der Waals surface area contributed by atoms with E-state index in [1.807, 2.05) is 10.9 Å². The van der Waals surface area contributed by atoms with Crippen molar-refractivity contribution < 1.29 is 13.9 Å². The first-order chi connectivity index (χ1) is 16.9. The SMILES string of the molecule is OC(CN1CCN(CCn2ncc3cc(I)ccc32)CC1)(Cn1cncn1)c1ccc(F)cc1F. The Kier molecular flexibility index (Phi) is 7.09. The Labute approximate surface area is 215 Å². The summed E-state index contributed by atoms with van der Waals surface area (Å²) >= 11 is 2.30. The van der Waals surface area contributed by atoms with Gasteiger partial charge in [-0.15, -0.1) is 0 Å². The fraction of sp³-hybridized carbons (Fsp3) is 0.375. The summed E-state index contributed by atoms with van der Waals surface area (Å²) in [7, 11) is 0. The van der Waals surface area contributed by atoms with E-state index in [1.54, 1.807) is 0 Å². The molecule has 1 atom stereocenters. The number of hydrogen-bond donors (Lipinski definition) is 1. The van der Waals surface area contributed by atoms with Gasteiger partial charge in [0.15, 0.2) is 0 Å². The van der Waals surface area contributed by atoms with Crippen LogP contribution in [0.1, 0.15) is 5.56 Å². The molecule has 8 nitrogen and oxygen atoms in total. The Hall–Kier alpha value is -2.48. The van der Waals surface area contributed by atoms with E-state index in [0.717, 1.165) is 56.2 Å². The molecule has 0 saturated carbocycles. The molecule has 1 aliphatic heterocycles. The van der Waals surface area contributed by atoms with E-state index in [0.29, 0.717) is 0 Å². The maximum atomic E-state index is 14.7. The van der Waals surface area contributed by atoms with Gasteiger partial charge in [-0.25, -0.2) is 18.4 Å². The van der Waals surface area contributed by atoms with Crippen LogP contribution in [0.15, 0.2) is 55.2 Å². The number of aliphatic hydroxyl groups is 1. The minimum Gasteiger partial charge on any atom is -0.382 e. The second-order valence-corrected chi connectivity index (χ2v) is 10.2. The maximum absolute atomic E-state index is 14.7. The number of nitrogens with zero attached hydrogens (tertiary/aromatic N) is 7. The Morgan fingerprint density at radius 3 is 2.49 bits per heavy atom. The van der Waals surface area contributed by atoms with Crippen molar-refractivity contribution in [1.29, 1.82) is 0 Å². The van der Waals surface area contributed by atoms with Gasteiger partial charge in [0.05, 0.1) is 24.8 Å². The van der Waals surface area contributed by atoms with Crippen molar-refractivity contribution in [1.82, 2.24) is 34.3 Å². The topological polar surface area (TPSA) is 75.2 Å². The molecular formula is C24H26F2IN7O. The van der Waals surface area contributed by atoms with E-state index in [1.165, 1.54) is 33.0 Å². The quantitative estimate of drug-likeness (QED) is 0.317. The highest BCUT2D eigenvalue weighted by Gasteiger charge is 2.36. The first-order valence-electron chi connectivity index (χ1n) is 11.5. The monoisotopic (exact) mass is 593 g/mol. The van der Waals surface area contributed by atoms with Crippen molar-refractivity contribution in [3.05, 3.63) is 76.0 Å². The minimum absolute atomic E-state index is 0.0150. The average Bonchev–Trinajstić information content (AvgIpc) is 3.47. The largest absolute Gasteiger partial charge is 0.382 e. The van der Waals surface area contributed by atoms with E-state index < -0.39 is 17.2 Å². The lowest BCUT2D eigenvalue weighted by atomic mass is 9.92. The molecule has 1 fully saturated rings. The van der Waals surface area contributed by atoms with Gasteiger partial charge in [0, 0.05) is 59.9 Å². The fourth-order valence-corrected chi connectivity index (χ4v) is 5.20. The molecule has 0 radical (unpaired) electrons. The van der Waals surface area contributed by atoms with Crippen molar-refractivity contribution in [3.63, 3.8) is 0 Å². The van der Waals surface area contributed by atoms with E-state index in [9.17, 15) is 13.9 Å². The van der Waals surface area contributed by atoms with E-state index in [2.05, 4.69) is 65.8 Å². The molecule has 184 valence electrons. The lowest BCUT2D eigenvalue weighted by Crippen LogP contribution is -2.52. The predicted molar refractivity (Wildman–Crippen MR) is 136 cm³/mol. The molecule has 0 bridgehead atoms. The maximum Gasteiger partial charge on any atom is 0.137 e. The summed E-state index contributed by atoms with van der Waals surface area (Å²) in [5, 5.41) is 21.3. The number of fused-ring (bicyclic) bond motifs is 1. The molecule has 1 N–H and O–H groups in total. The molecule has 2 aromatic carbocycles. The zero-order valence-corrected chi connectivity index (χ0v) is 21.2. The van der Waals surface area contributed by atoms with E-state index in [-0.39, 0.29) is 18.7 Å². The molecule has 1 aliphatic rings. The summed E-state index contributed by atoms with van der Waals surface area (Å²) in [4.78, 5) is 8.40. The van der Waals surface area contributed by atoms with Gasteiger partial charge in [-0.2, -0.15) is 10.2 Å². The third-order valence-electron chi connectivity index (χ3n) is 6.50. The third kappa shape index (κ3) is 5.52. The van der Waals surface area contributed by atoms with Gasteiger partial charge in [-0.1, -0.05) is 6.07 Å². The van der Waals surface area contributed by atoms with Gasteiger partial charge >= 0.3 is 0 Å². The van der Waals surface area contributed by atoms with Crippen LogP contribution in [0.2, 0.25) is 0 Å². The van der Waals surface area contributed by atoms with E-state index >= 15 is 0 Å². The molecule has 0 amide bonds. The zero-order chi connectivity index (χ0) is 24.4. The van der Waals surface area contributed by atoms with Crippen LogP contribution >= 0.6 is 22.6 Å². The van der Waals surface area contributed by atoms with Gasteiger partial charge < -0.3 is 5.11 Å². The normalized spacial score (nSPS) is 17.1. The lowest BCUT2D eigenvalue weighted by Gasteiger charge is -2.39. The zero-order valence-electron chi connectivity index (χ0n) is 19.1. The fourth-order valence-electron chi connectivity index (χ4n) is 4.68. The van der Waals surface area contributed by atoms with Crippen LogP contribution in [0, 0.1) is 15.2 Å². The van der Waals surface area contributed by atoms with Gasteiger partial charge in [0.25, 0.3) is 0 Å². The number of benzene rings is 2. The molecule has 0 spiro atoms. The molecule has 11 heteroatoms. The van der Waals surface area contributed by atoms with E-state index in [4.69, 9.17) is 0 Å². The highest BCUT2D eigenvalue weighted by atomic mass is 127. The van der Waals surface area contributed by atoms with Crippen molar-refractivity contribution in [2.45, 2.75) is 18.7 Å². The van der Waals surface area contributed by atoms with Gasteiger partial charge in [-0.05, 0) is 46.9 Å². The van der Waals surface area contributed by atoms with Crippen LogP contribution in [0.4, 0.5) is 8.78 Å². The summed E-state index contributed by atoms with van der Waals surface area (Å²) in [6.07, 6.45) is 4.74. The number of aromatic nitrogens is 5. The molecule has 5 rings (SSSR count). The van der Waals surface area contributed by atoms with Crippen molar-refractivity contribution in [2.24, 2.45) is 0 Å². The van der Waals surface area contributed by atoms with Crippen LogP contribution in [0.25, 0.3) is 10.9 Å². The summed E-state index contributed by atoms with van der Waals surface area (Å²) < 4.78 is 32.9. The van der Waals surface area contributed by atoms with Gasteiger partial charge in [0.2, 0.25) is 0 Å². The molecule has 1 saturated heterocycles. The van der Waals surface area contributed by atoms with Crippen LogP contribution in [0.3, 0.4) is 0 Å². The summed E-state index contributed by atoms with van der Waals surface area (Å²) in [6.45, 7) is 4.96. The Morgan fingerprint density at radius 2 is 1.74 bits per heavy atom. The second-order valence-electron chi connectivity index (χ2n) is 8.94. The van der Waals surface area contributed by atoms with Crippen LogP contribution in [-0.4, -0.2) is 78.7 Å². The average molecular weight is 593 g/mol. The predicted octanol–water partition coefficient (Wildman–Crippen LogP) is 2.72. The van der Waals surface area contributed by atoms with Crippen LogP contribution in [0.5, 0.6) is 0 Å². The standard InChI is InChI=1S/C24H26F2IN7O/c25-19-1-3-21(22(26)12-19)24(35,15-33-17-28-16-30-33)14-32-7-5-31(6-8-32)9-10-34-23-4-2-20(27)11-18(23)13-29-34/h1-4,11-13,16-17,35H,5-10,14-15H2. The molecular weight excluding hydrogens is 567 g/mol. The number of piperazine rings is 1. The Balaban J connectivity index is 1.22. The van der Waals surface area contributed by atoms with Gasteiger partial charge in [-0.3, -0.25) is 14.5 Å². The number of halogens is 3. The molecule has 3 heterocycles. The van der Waals surface area contributed by atoms with Crippen molar-refractivity contribution >= 4 is 33.5 Å². The first kappa shape index (κ1) is 24.2. The second kappa shape index (κ2) is 10.2. The molecule has 4 aromatic rings. The number of β-amino-alcohol motifs (C(OH)–C–C–N with tert-alkyl or cyclic N) is 1. The van der Waals surface area contributed by atoms with Gasteiger partial charge in [0.1, 0.15) is 29.9 Å². The Bertz CT molecular complexity index is 1290. The van der Waals surface area contributed by atoms with Crippen LogP contribution in [-0.2, 0) is 18.7 Å². The molecule has 1 unspecified atom stereocenters.